The lowest BCUT2D eigenvalue weighted by atomic mass is 9.85. The number of halogens is 1. The summed E-state index contributed by atoms with van der Waals surface area (Å²) in [4.78, 5) is 0. The molecule has 0 spiro atoms. The van der Waals surface area contributed by atoms with E-state index in [1.807, 2.05) is 11.7 Å². The molecule has 1 aliphatic rings. The van der Waals surface area contributed by atoms with E-state index in [0.29, 0.717) is 0 Å². The normalized spacial score (nSPS) is 25.2. The molecule has 1 aromatic heterocycles. The molecular weight excluding hydrogens is 268 g/mol. The lowest BCUT2D eigenvalue weighted by molar-refractivity contribution is 0.161. The standard InChI is InChI=1S/C12H19BrN2O/c1-3-10-6-11(15(2)14-10)7-12(8-13)4-5-16-9-12/h6H,3-5,7-9H2,1-2H3. The van der Waals surface area contributed by atoms with Gasteiger partial charge in [-0.05, 0) is 25.3 Å². The predicted molar refractivity (Wildman–Crippen MR) is 68.0 cm³/mol. The third-order valence-electron chi connectivity index (χ3n) is 3.41. The minimum Gasteiger partial charge on any atom is -0.381 e. The van der Waals surface area contributed by atoms with E-state index >= 15 is 0 Å². The highest BCUT2D eigenvalue weighted by Crippen LogP contribution is 2.34. The highest BCUT2D eigenvalue weighted by molar-refractivity contribution is 9.09. The van der Waals surface area contributed by atoms with E-state index in [-0.39, 0.29) is 5.41 Å². The Kier molecular flexibility index (Phi) is 3.70. The van der Waals surface area contributed by atoms with Gasteiger partial charge >= 0.3 is 0 Å². The largest absolute Gasteiger partial charge is 0.381 e. The van der Waals surface area contributed by atoms with Crippen LogP contribution < -0.4 is 0 Å². The first kappa shape index (κ1) is 12.1. The van der Waals surface area contributed by atoms with Gasteiger partial charge in [0.25, 0.3) is 0 Å². The molecule has 2 heterocycles. The van der Waals surface area contributed by atoms with Crippen LogP contribution in [0, 0.1) is 5.41 Å². The lowest BCUT2D eigenvalue weighted by Gasteiger charge is -2.24. The first-order valence-corrected chi connectivity index (χ1v) is 6.97. The molecule has 1 unspecified atom stereocenters. The molecule has 0 saturated carbocycles. The average Bonchev–Trinajstić information content (AvgIpc) is 2.88. The fourth-order valence-corrected chi connectivity index (χ4v) is 2.88. The van der Waals surface area contributed by atoms with E-state index in [2.05, 4.69) is 34.0 Å². The highest BCUT2D eigenvalue weighted by Gasteiger charge is 2.34. The third kappa shape index (κ3) is 2.33. The molecule has 0 bridgehead atoms. The molecule has 0 N–H and O–H groups in total. The fourth-order valence-electron chi connectivity index (χ4n) is 2.24. The summed E-state index contributed by atoms with van der Waals surface area (Å²) in [6, 6.07) is 2.22. The number of hydrogen-bond acceptors (Lipinski definition) is 2. The summed E-state index contributed by atoms with van der Waals surface area (Å²) in [5, 5.41) is 5.50. The number of ether oxygens (including phenoxy) is 1. The molecule has 1 aliphatic heterocycles. The van der Waals surface area contributed by atoms with Gasteiger partial charge in [0.05, 0.1) is 12.3 Å². The van der Waals surface area contributed by atoms with Gasteiger partial charge in [0, 0.05) is 30.1 Å². The molecule has 4 heteroatoms. The second-order valence-corrected chi connectivity index (χ2v) is 5.28. The molecule has 1 fully saturated rings. The van der Waals surface area contributed by atoms with Crippen molar-refractivity contribution in [3.63, 3.8) is 0 Å². The second kappa shape index (κ2) is 4.88. The van der Waals surface area contributed by atoms with Crippen molar-refractivity contribution in [1.29, 1.82) is 0 Å². The van der Waals surface area contributed by atoms with Crippen molar-refractivity contribution in [1.82, 2.24) is 9.78 Å². The molecule has 1 saturated heterocycles. The van der Waals surface area contributed by atoms with Crippen molar-refractivity contribution in [3.8, 4) is 0 Å². The lowest BCUT2D eigenvalue weighted by Crippen LogP contribution is -2.27. The van der Waals surface area contributed by atoms with Gasteiger partial charge in [-0.2, -0.15) is 5.10 Å². The van der Waals surface area contributed by atoms with E-state index in [1.165, 1.54) is 11.4 Å². The molecule has 0 aliphatic carbocycles. The Hall–Kier alpha value is -0.350. The van der Waals surface area contributed by atoms with Crippen molar-refractivity contribution in [2.24, 2.45) is 12.5 Å². The summed E-state index contributed by atoms with van der Waals surface area (Å²) in [5.74, 6) is 0. The Morgan fingerprint density at radius 3 is 2.94 bits per heavy atom. The van der Waals surface area contributed by atoms with Crippen molar-refractivity contribution >= 4 is 15.9 Å². The molecule has 0 aromatic carbocycles. The van der Waals surface area contributed by atoms with E-state index < -0.39 is 0 Å². The maximum absolute atomic E-state index is 5.54. The summed E-state index contributed by atoms with van der Waals surface area (Å²) >= 11 is 3.63. The maximum atomic E-state index is 5.54. The maximum Gasteiger partial charge on any atom is 0.0624 e. The molecule has 0 radical (unpaired) electrons. The second-order valence-electron chi connectivity index (χ2n) is 4.72. The summed E-state index contributed by atoms with van der Waals surface area (Å²) in [5.41, 5.74) is 2.78. The highest BCUT2D eigenvalue weighted by atomic mass is 79.9. The van der Waals surface area contributed by atoms with Crippen molar-refractivity contribution in [3.05, 3.63) is 17.5 Å². The first-order chi connectivity index (χ1) is 7.69. The fraction of sp³-hybridized carbons (Fsp3) is 0.750. The van der Waals surface area contributed by atoms with Crippen LogP contribution >= 0.6 is 15.9 Å². The Labute approximate surface area is 105 Å². The number of nitrogens with zero attached hydrogens (tertiary/aromatic N) is 2. The van der Waals surface area contributed by atoms with E-state index in [9.17, 15) is 0 Å². The van der Waals surface area contributed by atoms with Crippen molar-refractivity contribution in [2.45, 2.75) is 26.2 Å². The van der Waals surface area contributed by atoms with Crippen LogP contribution in [-0.2, 0) is 24.6 Å². The molecule has 0 amide bonds. The molecule has 1 atom stereocenters. The average molecular weight is 287 g/mol. The van der Waals surface area contributed by atoms with Gasteiger partial charge in [-0.3, -0.25) is 4.68 Å². The number of hydrogen-bond donors (Lipinski definition) is 0. The SMILES string of the molecule is CCc1cc(CC2(CBr)CCOC2)n(C)n1. The van der Waals surface area contributed by atoms with Crippen LogP contribution in [0.1, 0.15) is 24.7 Å². The minimum absolute atomic E-state index is 0.277. The molecule has 2 rings (SSSR count). The van der Waals surface area contributed by atoms with Gasteiger partial charge < -0.3 is 4.74 Å². The number of aryl methyl sites for hydroxylation is 2. The van der Waals surface area contributed by atoms with Gasteiger partial charge in [-0.25, -0.2) is 0 Å². The monoisotopic (exact) mass is 286 g/mol. The van der Waals surface area contributed by atoms with Gasteiger partial charge in [0.1, 0.15) is 0 Å². The molecule has 16 heavy (non-hydrogen) atoms. The Balaban J connectivity index is 2.15. The van der Waals surface area contributed by atoms with E-state index in [0.717, 1.165) is 37.8 Å². The van der Waals surface area contributed by atoms with Gasteiger partial charge in [0.15, 0.2) is 0 Å². The predicted octanol–water partition coefficient (Wildman–Crippen LogP) is 2.33. The number of alkyl halides is 1. The summed E-state index contributed by atoms with van der Waals surface area (Å²) < 4.78 is 7.55. The smallest absolute Gasteiger partial charge is 0.0624 e. The molecule has 3 nitrogen and oxygen atoms in total. The quantitative estimate of drug-likeness (QED) is 0.795. The van der Waals surface area contributed by atoms with Crippen LogP contribution in [0.5, 0.6) is 0 Å². The molecule has 1 aromatic rings. The van der Waals surface area contributed by atoms with Crippen LogP contribution in [-0.4, -0.2) is 28.3 Å². The number of rotatable bonds is 4. The topological polar surface area (TPSA) is 27.1 Å². The van der Waals surface area contributed by atoms with Crippen molar-refractivity contribution in [2.75, 3.05) is 18.5 Å². The van der Waals surface area contributed by atoms with E-state index in [1.54, 1.807) is 0 Å². The first-order valence-electron chi connectivity index (χ1n) is 5.84. The Bertz CT molecular complexity index is 356. The van der Waals surface area contributed by atoms with Crippen LogP contribution in [0.15, 0.2) is 6.07 Å². The van der Waals surface area contributed by atoms with Crippen LogP contribution in [0.25, 0.3) is 0 Å². The Morgan fingerprint density at radius 2 is 2.44 bits per heavy atom. The van der Waals surface area contributed by atoms with Crippen LogP contribution in [0.4, 0.5) is 0 Å². The van der Waals surface area contributed by atoms with Gasteiger partial charge in [-0.1, -0.05) is 22.9 Å². The number of aromatic nitrogens is 2. The third-order valence-corrected chi connectivity index (χ3v) is 4.60. The van der Waals surface area contributed by atoms with Gasteiger partial charge in [0.2, 0.25) is 0 Å². The van der Waals surface area contributed by atoms with Crippen LogP contribution in [0.2, 0.25) is 0 Å². The molecular formula is C12H19BrN2O. The van der Waals surface area contributed by atoms with E-state index in [4.69, 9.17) is 4.74 Å². The minimum atomic E-state index is 0.277. The van der Waals surface area contributed by atoms with Gasteiger partial charge in [-0.15, -0.1) is 0 Å². The summed E-state index contributed by atoms with van der Waals surface area (Å²) in [6.45, 7) is 3.90. The summed E-state index contributed by atoms with van der Waals surface area (Å²) in [6.07, 6.45) is 3.21. The summed E-state index contributed by atoms with van der Waals surface area (Å²) in [7, 11) is 2.03. The Morgan fingerprint density at radius 1 is 1.62 bits per heavy atom. The zero-order valence-corrected chi connectivity index (χ0v) is 11.6. The zero-order chi connectivity index (χ0) is 11.6. The molecule has 90 valence electrons. The zero-order valence-electron chi connectivity index (χ0n) is 10.0. The van der Waals surface area contributed by atoms with Crippen LogP contribution in [0.3, 0.4) is 0 Å². The van der Waals surface area contributed by atoms with Crippen molar-refractivity contribution < 1.29 is 4.74 Å².